The van der Waals surface area contributed by atoms with E-state index in [0.29, 0.717) is 23.8 Å². The molecule has 37 heavy (non-hydrogen) atoms. The van der Waals surface area contributed by atoms with Gasteiger partial charge in [0.2, 0.25) is 0 Å². The summed E-state index contributed by atoms with van der Waals surface area (Å²) in [6, 6.07) is 14.6. The molecule has 0 saturated carbocycles. The number of hydrogen-bond acceptors (Lipinski definition) is 7. The Bertz CT molecular complexity index is 1230. The van der Waals surface area contributed by atoms with Crippen molar-refractivity contribution in [2.24, 2.45) is 0 Å². The number of nitrogens with zero attached hydrogens (tertiary/aromatic N) is 2. The number of ether oxygens (including phenoxy) is 3. The predicted molar refractivity (Wildman–Crippen MR) is 137 cm³/mol. The Morgan fingerprint density at radius 2 is 1.81 bits per heavy atom. The van der Waals surface area contributed by atoms with Crippen molar-refractivity contribution < 1.29 is 28.9 Å². The quantitative estimate of drug-likeness (QED) is 0.389. The number of carbonyl (C=O) groups excluding carboxylic acids is 2. The van der Waals surface area contributed by atoms with Crippen molar-refractivity contribution in [3.63, 3.8) is 0 Å². The van der Waals surface area contributed by atoms with Gasteiger partial charge in [0.1, 0.15) is 5.15 Å². The van der Waals surface area contributed by atoms with Gasteiger partial charge in [-0.2, -0.15) is 0 Å². The van der Waals surface area contributed by atoms with Crippen LogP contribution in [0.25, 0.3) is 0 Å². The number of aliphatic hydroxyl groups is 1. The summed E-state index contributed by atoms with van der Waals surface area (Å²) in [5, 5.41) is 12.7. The molecule has 0 unspecified atom stereocenters. The molecule has 4 rings (SSSR count). The molecule has 196 valence electrons. The third-order valence-electron chi connectivity index (χ3n) is 5.91. The molecule has 11 heteroatoms. The average molecular weight is 548 g/mol. The maximum atomic E-state index is 12.2. The van der Waals surface area contributed by atoms with Crippen LogP contribution in [0.15, 0.2) is 54.9 Å². The number of carbonyl (C=O) groups is 2. The number of rotatable bonds is 8. The lowest BCUT2D eigenvalue weighted by molar-refractivity contribution is -0.252. The van der Waals surface area contributed by atoms with Gasteiger partial charge in [0, 0.05) is 24.6 Å². The van der Waals surface area contributed by atoms with Crippen LogP contribution in [0.5, 0.6) is 0 Å². The Hall–Kier alpha value is -2.95. The van der Waals surface area contributed by atoms with Gasteiger partial charge in [-0.15, -0.1) is 0 Å². The van der Waals surface area contributed by atoms with Crippen molar-refractivity contribution in [3.05, 3.63) is 81.9 Å². The summed E-state index contributed by atoms with van der Waals surface area (Å²) in [7, 11) is 0. The molecule has 1 saturated heterocycles. The lowest BCUT2D eigenvalue weighted by atomic mass is 10.00. The highest BCUT2D eigenvalue weighted by atomic mass is 35.5. The molecule has 0 aliphatic carbocycles. The minimum atomic E-state index is -0.913. The molecule has 9 nitrogen and oxygen atoms in total. The number of imidazole rings is 1. The standard InChI is InChI=1S/C26H27Cl2N3O6/c1-15(35-16(2)33)25(34)30-20-9-7-19(8-10-20)26-36-21(12-31-14-29-23(27)24(31)28)11-22(37-26)18-5-3-17(13-32)4-6-18/h3-10,14-15,21-22,26,32H,11-13H2,1-2H3,(H,30,34)/t15-,21+,22-,26-/m0/s1. The number of anilines is 1. The molecule has 0 bridgehead atoms. The van der Waals surface area contributed by atoms with Gasteiger partial charge in [-0.3, -0.25) is 9.59 Å². The minimum Gasteiger partial charge on any atom is -0.453 e. The molecular weight excluding hydrogens is 521 g/mol. The Balaban J connectivity index is 1.52. The molecule has 2 N–H and O–H groups in total. The number of halogens is 2. The Morgan fingerprint density at radius 3 is 2.41 bits per heavy atom. The van der Waals surface area contributed by atoms with Crippen molar-refractivity contribution >= 4 is 40.8 Å². The number of amides is 1. The van der Waals surface area contributed by atoms with Crippen LogP contribution >= 0.6 is 23.2 Å². The summed E-state index contributed by atoms with van der Waals surface area (Å²) < 4.78 is 19.2. The van der Waals surface area contributed by atoms with Gasteiger partial charge < -0.3 is 29.2 Å². The van der Waals surface area contributed by atoms with Crippen molar-refractivity contribution in [2.45, 2.75) is 58.0 Å². The summed E-state index contributed by atoms with van der Waals surface area (Å²) in [4.78, 5) is 27.4. The number of aliphatic hydroxyl groups excluding tert-OH is 1. The summed E-state index contributed by atoms with van der Waals surface area (Å²) in [6.45, 7) is 3.13. The van der Waals surface area contributed by atoms with Crippen molar-refractivity contribution in [1.82, 2.24) is 9.55 Å². The number of aromatic nitrogens is 2. The van der Waals surface area contributed by atoms with Crippen LogP contribution in [-0.4, -0.2) is 38.7 Å². The maximum Gasteiger partial charge on any atom is 0.303 e. The first-order valence-corrected chi connectivity index (χ1v) is 12.4. The lowest BCUT2D eigenvalue weighted by Gasteiger charge is -2.36. The minimum absolute atomic E-state index is 0.0391. The maximum absolute atomic E-state index is 12.2. The van der Waals surface area contributed by atoms with Crippen LogP contribution in [0, 0.1) is 0 Å². The van der Waals surface area contributed by atoms with Crippen LogP contribution in [0.2, 0.25) is 10.3 Å². The number of nitrogens with one attached hydrogen (secondary N) is 1. The fraction of sp³-hybridized carbons (Fsp3) is 0.346. The highest BCUT2D eigenvalue weighted by Gasteiger charge is 2.33. The normalized spacial score (nSPS) is 20.3. The third kappa shape index (κ3) is 6.88. The number of benzene rings is 2. The second-order valence-corrected chi connectivity index (χ2v) is 9.41. The molecular formula is C26H27Cl2N3O6. The van der Waals surface area contributed by atoms with Gasteiger partial charge >= 0.3 is 5.97 Å². The van der Waals surface area contributed by atoms with Gasteiger partial charge in [-0.25, -0.2) is 4.98 Å². The molecule has 1 aromatic heterocycles. The molecule has 4 atom stereocenters. The Kier molecular flexibility index (Phi) is 8.83. The molecule has 0 spiro atoms. The van der Waals surface area contributed by atoms with E-state index in [4.69, 9.17) is 37.4 Å². The van der Waals surface area contributed by atoms with Crippen LogP contribution in [-0.2, 0) is 37.0 Å². The second-order valence-electron chi connectivity index (χ2n) is 8.69. The number of esters is 1. The van der Waals surface area contributed by atoms with Crippen LogP contribution in [0.3, 0.4) is 0 Å². The topological polar surface area (TPSA) is 112 Å². The van der Waals surface area contributed by atoms with Crippen molar-refractivity contribution in [3.8, 4) is 0 Å². The Labute approximate surface area is 224 Å². The molecule has 1 fully saturated rings. The first-order valence-electron chi connectivity index (χ1n) is 11.7. The molecule has 1 aliphatic rings. The smallest absolute Gasteiger partial charge is 0.303 e. The monoisotopic (exact) mass is 547 g/mol. The van der Waals surface area contributed by atoms with Crippen molar-refractivity contribution in [2.75, 3.05) is 5.32 Å². The molecule has 1 amide bonds. The zero-order valence-corrected chi connectivity index (χ0v) is 21.8. The van der Waals surface area contributed by atoms with Gasteiger partial charge in [-0.05, 0) is 30.2 Å². The van der Waals surface area contributed by atoms with E-state index in [0.717, 1.165) is 16.7 Å². The van der Waals surface area contributed by atoms with Gasteiger partial charge in [-0.1, -0.05) is 59.6 Å². The first kappa shape index (κ1) is 27.1. The van der Waals surface area contributed by atoms with E-state index in [2.05, 4.69) is 10.3 Å². The zero-order chi connectivity index (χ0) is 26.5. The second kappa shape index (κ2) is 12.1. The molecule has 2 aromatic carbocycles. The van der Waals surface area contributed by atoms with Gasteiger partial charge in [0.05, 0.1) is 31.7 Å². The van der Waals surface area contributed by atoms with E-state index in [-0.39, 0.29) is 24.0 Å². The fourth-order valence-corrected chi connectivity index (χ4v) is 4.31. The molecule has 2 heterocycles. The predicted octanol–water partition coefficient (Wildman–Crippen LogP) is 4.82. The van der Waals surface area contributed by atoms with Crippen molar-refractivity contribution in [1.29, 1.82) is 0 Å². The zero-order valence-electron chi connectivity index (χ0n) is 20.3. The molecule has 0 radical (unpaired) electrons. The van der Waals surface area contributed by atoms with E-state index in [1.54, 1.807) is 35.2 Å². The third-order valence-corrected chi connectivity index (χ3v) is 6.68. The molecule has 3 aromatic rings. The first-order chi connectivity index (χ1) is 17.7. The van der Waals surface area contributed by atoms with E-state index >= 15 is 0 Å². The largest absolute Gasteiger partial charge is 0.453 e. The summed E-state index contributed by atoms with van der Waals surface area (Å²) >= 11 is 12.3. The van der Waals surface area contributed by atoms with E-state index < -0.39 is 24.3 Å². The van der Waals surface area contributed by atoms with Crippen LogP contribution in [0.1, 0.15) is 49.4 Å². The van der Waals surface area contributed by atoms with Gasteiger partial charge in [0.25, 0.3) is 5.91 Å². The summed E-state index contributed by atoms with van der Waals surface area (Å²) in [6.07, 6.45) is -0.0272. The average Bonchev–Trinajstić information content (AvgIpc) is 3.20. The van der Waals surface area contributed by atoms with Crippen LogP contribution in [0.4, 0.5) is 5.69 Å². The molecule has 1 aliphatic heterocycles. The SMILES string of the molecule is CC(=O)O[C@@H](C)C(=O)Nc1ccc([C@H]2O[C@@H](Cn3cnc(Cl)c3Cl)C[C@@H](c3ccc(CO)cc3)O2)cc1. The van der Waals surface area contributed by atoms with Gasteiger partial charge in [0.15, 0.2) is 17.5 Å². The van der Waals surface area contributed by atoms with E-state index in [1.807, 2.05) is 24.3 Å². The van der Waals surface area contributed by atoms with Crippen LogP contribution < -0.4 is 5.32 Å². The van der Waals surface area contributed by atoms with E-state index in [1.165, 1.54) is 13.8 Å². The Morgan fingerprint density at radius 1 is 1.14 bits per heavy atom. The fourth-order valence-electron chi connectivity index (χ4n) is 3.99. The summed E-state index contributed by atoms with van der Waals surface area (Å²) in [5.41, 5.74) is 3.05. The highest BCUT2D eigenvalue weighted by Crippen LogP contribution is 2.39. The summed E-state index contributed by atoms with van der Waals surface area (Å²) in [5.74, 6) is -0.964. The highest BCUT2D eigenvalue weighted by molar-refractivity contribution is 6.40. The number of hydrogen-bond donors (Lipinski definition) is 2. The lowest BCUT2D eigenvalue weighted by Crippen LogP contribution is -2.32. The van der Waals surface area contributed by atoms with E-state index in [9.17, 15) is 14.7 Å².